The van der Waals surface area contributed by atoms with Crippen molar-refractivity contribution in [1.29, 1.82) is 0 Å². The molecule has 0 saturated carbocycles. The van der Waals surface area contributed by atoms with Crippen LogP contribution in [0.4, 0.5) is 0 Å². The van der Waals surface area contributed by atoms with E-state index in [1.807, 2.05) is 48.5 Å². The number of benzene rings is 2. The molecule has 0 radical (unpaired) electrons. The standard InChI is InChI=1S/C17H17Cl2N5S/c18-15-8-4-9-16(19)14(15)12-20-10-5-11-25-17-21-22-23-24(17)13-6-2-1-3-7-13/h1-4,6-9,20H,5,10-12H2/p+1. The number of halogens is 2. The Balaban J connectivity index is 1.43. The SMILES string of the molecule is Clc1cccc(Cl)c1C[NH2+]CCCSc1nnnn1-c1ccccc1. The van der Waals surface area contributed by atoms with E-state index in [1.165, 1.54) is 0 Å². The smallest absolute Gasteiger partial charge is 0.214 e. The minimum atomic E-state index is 0.722. The fraction of sp³-hybridized carbons (Fsp3) is 0.235. The highest BCUT2D eigenvalue weighted by atomic mass is 35.5. The first kappa shape index (κ1) is 18.2. The van der Waals surface area contributed by atoms with Crippen LogP contribution in [0.2, 0.25) is 10.0 Å². The van der Waals surface area contributed by atoms with Crippen molar-refractivity contribution in [3.05, 3.63) is 64.1 Å². The number of aromatic nitrogens is 4. The highest BCUT2D eigenvalue weighted by Gasteiger charge is 2.09. The van der Waals surface area contributed by atoms with Crippen LogP contribution in [0, 0.1) is 0 Å². The number of nitrogens with zero attached hydrogens (tertiary/aromatic N) is 4. The van der Waals surface area contributed by atoms with Gasteiger partial charge in [-0.15, -0.1) is 5.10 Å². The van der Waals surface area contributed by atoms with Gasteiger partial charge in [0, 0.05) is 17.7 Å². The van der Waals surface area contributed by atoms with E-state index in [2.05, 4.69) is 20.8 Å². The molecule has 0 unspecified atom stereocenters. The molecule has 0 bridgehead atoms. The van der Waals surface area contributed by atoms with E-state index in [-0.39, 0.29) is 0 Å². The zero-order valence-corrected chi connectivity index (χ0v) is 15.8. The normalized spacial score (nSPS) is 11.0. The highest BCUT2D eigenvalue weighted by Crippen LogP contribution is 2.23. The number of hydrogen-bond acceptors (Lipinski definition) is 4. The van der Waals surface area contributed by atoms with E-state index in [0.717, 1.165) is 51.7 Å². The number of rotatable bonds is 8. The predicted octanol–water partition coefficient (Wildman–Crippen LogP) is 3.21. The van der Waals surface area contributed by atoms with Crippen LogP contribution in [-0.4, -0.2) is 32.5 Å². The van der Waals surface area contributed by atoms with E-state index in [4.69, 9.17) is 23.2 Å². The molecule has 0 spiro atoms. The summed E-state index contributed by atoms with van der Waals surface area (Å²) in [5.74, 6) is 0.944. The number of quaternary nitrogens is 1. The van der Waals surface area contributed by atoms with Crippen molar-refractivity contribution in [1.82, 2.24) is 20.2 Å². The van der Waals surface area contributed by atoms with Crippen LogP contribution in [-0.2, 0) is 6.54 Å². The number of thioether (sulfide) groups is 1. The molecule has 0 fully saturated rings. The van der Waals surface area contributed by atoms with E-state index < -0.39 is 0 Å². The lowest BCUT2D eigenvalue weighted by Gasteiger charge is -2.06. The van der Waals surface area contributed by atoms with Gasteiger partial charge in [0.15, 0.2) is 0 Å². The quantitative estimate of drug-likeness (QED) is 0.470. The largest absolute Gasteiger partial charge is 0.342 e. The summed E-state index contributed by atoms with van der Waals surface area (Å²) in [6.45, 7) is 1.77. The molecule has 1 heterocycles. The van der Waals surface area contributed by atoms with Gasteiger partial charge in [-0.1, -0.05) is 59.2 Å². The summed E-state index contributed by atoms with van der Waals surface area (Å²) >= 11 is 14.0. The molecular weight excluding hydrogens is 377 g/mol. The molecule has 1 aromatic heterocycles. The summed E-state index contributed by atoms with van der Waals surface area (Å²) in [5.41, 5.74) is 1.96. The molecule has 0 aliphatic rings. The summed E-state index contributed by atoms with van der Waals surface area (Å²) < 4.78 is 1.76. The van der Waals surface area contributed by atoms with Gasteiger partial charge in [-0.05, 0) is 34.7 Å². The number of tetrazole rings is 1. The van der Waals surface area contributed by atoms with Gasteiger partial charge in [0.1, 0.15) is 6.54 Å². The second kappa shape index (κ2) is 9.20. The lowest BCUT2D eigenvalue weighted by Crippen LogP contribution is -2.82. The molecule has 0 amide bonds. The topological polar surface area (TPSA) is 60.2 Å². The predicted molar refractivity (Wildman–Crippen MR) is 101 cm³/mol. The molecule has 8 heteroatoms. The van der Waals surface area contributed by atoms with E-state index in [9.17, 15) is 0 Å². The zero-order valence-electron chi connectivity index (χ0n) is 13.5. The molecule has 0 aliphatic carbocycles. The average molecular weight is 395 g/mol. The van der Waals surface area contributed by atoms with Gasteiger partial charge in [0.05, 0.1) is 22.3 Å². The van der Waals surface area contributed by atoms with Gasteiger partial charge < -0.3 is 5.32 Å². The van der Waals surface area contributed by atoms with E-state index in [1.54, 1.807) is 16.4 Å². The summed E-state index contributed by atoms with van der Waals surface area (Å²) in [6, 6.07) is 15.5. The third-order valence-electron chi connectivity index (χ3n) is 3.64. The van der Waals surface area contributed by atoms with Gasteiger partial charge in [-0.3, -0.25) is 0 Å². The van der Waals surface area contributed by atoms with Crippen molar-refractivity contribution in [2.24, 2.45) is 0 Å². The van der Waals surface area contributed by atoms with Crippen LogP contribution in [0.1, 0.15) is 12.0 Å². The van der Waals surface area contributed by atoms with Gasteiger partial charge in [-0.25, -0.2) is 0 Å². The fourth-order valence-corrected chi connectivity index (χ4v) is 3.77. The first-order chi connectivity index (χ1) is 12.3. The second-order valence-corrected chi connectivity index (χ2v) is 7.27. The van der Waals surface area contributed by atoms with E-state index in [0.29, 0.717) is 0 Å². The molecule has 0 saturated heterocycles. The Morgan fingerprint density at radius 2 is 1.76 bits per heavy atom. The molecule has 3 aromatic rings. The van der Waals surface area contributed by atoms with Crippen LogP contribution < -0.4 is 5.32 Å². The van der Waals surface area contributed by atoms with Gasteiger partial charge in [0.2, 0.25) is 5.16 Å². The van der Waals surface area contributed by atoms with Crippen LogP contribution >= 0.6 is 35.0 Å². The van der Waals surface area contributed by atoms with Crippen molar-refractivity contribution in [3.8, 4) is 5.69 Å². The summed E-state index contributed by atoms with van der Waals surface area (Å²) in [7, 11) is 0. The Morgan fingerprint density at radius 3 is 2.52 bits per heavy atom. The molecular formula is C17H18Cl2N5S+. The van der Waals surface area contributed by atoms with Gasteiger partial charge in [-0.2, -0.15) is 4.68 Å². The minimum absolute atomic E-state index is 0.722. The Kier molecular flexibility index (Phi) is 6.69. The average Bonchev–Trinajstić information content (AvgIpc) is 3.09. The summed E-state index contributed by atoms with van der Waals surface area (Å²) in [6.07, 6.45) is 1.04. The van der Waals surface area contributed by atoms with Crippen molar-refractivity contribution in [2.75, 3.05) is 12.3 Å². The minimum Gasteiger partial charge on any atom is -0.342 e. The Bertz CT molecular complexity index is 790. The third kappa shape index (κ3) is 4.95. The van der Waals surface area contributed by atoms with Crippen molar-refractivity contribution < 1.29 is 5.32 Å². The Labute approximate surface area is 160 Å². The molecule has 2 aromatic carbocycles. The molecule has 25 heavy (non-hydrogen) atoms. The first-order valence-corrected chi connectivity index (χ1v) is 9.71. The maximum absolute atomic E-state index is 6.18. The van der Waals surface area contributed by atoms with Crippen molar-refractivity contribution >= 4 is 35.0 Å². The summed E-state index contributed by atoms with van der Waals surface area (Å²) in [5, 5.41) is 16.4. The first-order valence-electron chi connectivity index (χ1n) is 7.97. The summed E-state index contributed by atoms with van der Waals surface area (Å²) in [4.78, 5) is 0. The monoisotopic (exact) mass is 394 g/mol. The lowest BCUT2D eigenvalue weighted by molar-refractivity contribution is -0.670. The van der Waals surface area contributed by atoms with Crippen LogP contribution in [0.3, 0.4) is 0 Å². The van der Waals surface area contributed by atoms with Crippen LogP contribution in [0.5, 0.6) is 0 Å². The second-order valence-electron chi connectivity index (χ2n) is 5.39. The van der Waals surface area contributed by atoms with Crippen LogP contribution in [0.25, 0.3) is 5.69 Å². The van der Waals surface area contributed by atoms with Crippen molar-refractivity contribution in [3.63, 3.8) is 0 Å². The molecule has 0 atom stereocenters. The lowest BCUT2D eigenvalue weighted by atomic mass is 10.2. The molecule has 2 N–H and O–H groups in total. The van der Waals surface area contributed by atoms with E-state index >= 15 is 0 Å². The molecule has 5 nitrogen and oxygen atoms in total. The fourth-order valence-electron chi connectivity index (χ4n) is 2.37. The zero-order chi connectivity index (χ0) is 17.5. The Hall–Kier alpha value is -1.60. The maximum Gasteiger partial charge on any atom is 0.214 e. The third-order valence-corrected chi connectivity index (χ3v) is 5.35. The maximum atomic E-state index is 6.18. The molecule has 0 aliphatic heterocycles. The van der Waals surface area contributed by atoms with Gasteiger partial charge in [0.25, 0.3) is 0 Å². The Morgan fingerprint density at radius 1 is 1.00 bits per heavy atom. The molecule has 3 rings (SSSR count). The number of nitrogens with two attached hydrogens (primary N) is 1. The molecule has 130 valence electrons. The van der Waals surface area contributed by atoms with Crippen LogP contribution in [0.15, 0.2) is 53.7 Å². The highest BCUT2D eigenvalue weighted by molar-refractivity contribution is 7.99. The van der Waals surface area contributed by atoms with Crippen molar-refractivity contribution in [2.45, 2.75) is 18.1 Å². The number of hydrogen-bond donors (Lipinski definition) is 1. The number of para-hydroxylation sites is 1. The van der Waals surface area contributed by atoms with Gasteiger partial charge >= 0.3 is 0 Å².